The van der Waals surface area contributed by atoms with E-state index in [1.165, 1.54) is 4.31 Å². The molecular formula is C13H25NO4S. The smallest absolute Gasteiger partial charge is 0.307 e. The van der Waals surface area contributed by atoms with Crippen molar-refractivity contribution < 1.29 is 18.3 Å². The molecule has 0 unspecified atom stereocenters. The minimum absolute atomic E-state index is 0.122. The average Bonchev–Trinajstić information content (AvgIpc) is 2.27. The Bertz CT molecular complexity index is 411. The number of hydrogen-bond acceptors (Lipinski definition) is 3. The van der Waals surface area contributed by atoms with E-state index >= 15 is 0 Å². The maximum Gasteiger partial charge on any atom is 0.307 e. The van der Waals surface area contributed by atoms with Gasteiger partial charge in [-0.05, 0) is 31.1 Å². The van der Waals surface area contributed by atoms with E-state index in [4.69, 9.17) is 5.11 Å². The molecule has 1 saturated heterocycles. The lowest BCUT2D eigenvalue weighted by Gasteiger charge is -2.30. The van der Waals surface area contributed by atoms with Crippen molar-refractivity contribution in [2.45, 2.75) is 46.5 Å². The number of carboxylic acids is 1. The highest BCUT2D eigenvalue weighted by molar-refractivity contribution is 7.89. The Morgan fingerprint density at radius 2 is 2.00 bits per heavy atom. The van der Waals surface area contributed by atoms with Crippen molar-refractivity contribution in [3.63, 3.8) is 0 Å². The molecule has 0 aromatic carbocycles. The highest BCUT2D eigenvalue weighted by atomic mass is 32.2. The topological polar surface area (TPSA) is 74.7 Å². The summed E-state index contributed by atoms with van der Waals surface area (Å²) < 4.78 is 25.7. The average molecular weight is 291 g/mol. The van der Waals surface area contributed by atoms with Crippen LogP contribution in [0, 0.1) is 11.3 Å². The molecular weight excluding hydrogens is 266 g/mol. The second-order valence-corrected chi connectivity index (χ2v) is 8.60. The summed E-state index contributed by atoms with van der Waals surface area (Å²) in [5, 5.41) is 8.98. The molecule has 1 aliphatic heterocycles. The molecule has 1 fully saturated rings. The highest BCUT2D eigenvalue weighted by Crippen LogP contribution is 2.23. The number of carboxylic acid groups (broad SMARTS) is 1. The van der Waals surface area contributed by atoms with Crippen LogP contribution >= 0.6 is 0 Å². The van der Waals surface area contributed by atoms with Gasteiger partial charge in [0.2, 0.25) is 10.0 Å². The van der Waals surface area contributed by atoms with Crippen LogP contribution in [0.1, 0.15) is 46.5 Å². The predicted octanol–water partition coefficient (Wildman–Crippen LogP) is 1.94. The first-order valence-corrected chi connectivity index (χ1v) is 8.43. The molecule has 0 aromatic rings. The molecule has 19 heavy (non-hydrogen) atoms. The van der Waals surface area contributed by atoms with Crippen LogP contribution < -0.4 is 0 Å². The first kappa shape index (κ1) is 16.4. The third-order valence-corrected chi connectivity index (χ3v) is 5.38. The third kappa shape index (κ3) is 5.48. The zero-order chi connectivity index (χ0) is 14.7. The zero-order valence-corrected chi connectivity index (χ0v) is 12.9. The maximum absolute atomic E-state index is 12.2. The number of nitrogens with zero attached hydrogens (tertiary/aromatic N) is 1. The Balaban J connectivity index is 2.55. The minimum Gasteiger partial charge on any atom is -0.481 e. The van der Waals surface area contributed by atoms with Gasteiger partial charge < -0.3 is 5.11 Å². The van der Waals surface area contributed by atoms with Gasteiger partial charge in [0.25, 0.3) is 0 Å². The van der Waals surface area contributed by atoms with E-state index in [2.05, 4.69) is 20.8 Å². The number of sulfonamides is 1. The SMILES string of the molecule is CC(C)(C)CCCS(=O)(=O)N1CCC[C@H](C(=O)O)C1. The Morgan fingerprint density at radius 1 is 1.37 bits per heavy atom. The zero-order valence-electron chi connectivity index (χ0n) is 12.1. The summed E-state index contributed by atoms with van der Waals surface area (Å²) in [6.07, 6.45) is 2.68. The van der Waals surface area contributed by atoms with E-state index in [9.17, 15) is 13.2 Å². The van der Waals surface area contributed by atoms with E-state index in [0.717, 1.165) is 6.42 Å². The summed E-state index contributed by atoms with van der Waals surface area (Å²) >= 11 is 0. The molecule has 0 bridgehead atoms. The van der Waals surface area contributed by atoms with E-state index < -0.39 is 21.9 Å². The molecule has 0 radical (unpaired) electrons. The van der Waals surface area contributed by atoms with Gasteiger partial charge >= 0.3 is 5.97 Å². The third-order valence-electron chi connectivity index (χ3n) is 3.46. The van der Waals surface area contributed by atoms with Crippen molar-refractivity contribution >= 4 is 16.0 Å². The Labute approximate surface area is 116 Å². The van der Waals surface area contributed by atoms with Crippen LogP contribution in [0.5, 0.6) is 0 Å². The first-order valence-electron chi connectivity index (χ1n) is 6.82. The second-order valence-electron chi connectivity index (χ2n) is 6.52. The monoisotopic (exact) mass is 291 g/mol. The molecule has 0 aliphatic carbocycles. The Kier molecular flexibility index (Phi) is 5.38. The number of aliphatic carboxylic acids is 1. The van der Waals surface area contributed by atoms with Crippen molar-refractivity contribution in [3.8, 4) is 0 Å². The molecule has 1 rings (SSSR count). The van der Waals surface area contributed by atoms with Crippen LogP contribution in [0.15, 0.2) is 0 Å². The predicted molar refractivity (Wildman–Crippen MR) is 74.4 cm³/mol. The molecule has 0 amide bonds. The lowest BCUT2D eigenvalue weighted by molar-refractivity contribution is -0.142. The van der Waals surface area contributed by atoms with Crippen LogP contribution in [0.4, 0.5) is 0 Å². The Hall–Kier alpha value is -0.620. The fourth-order valence-electron chi connectivity index (χ4n) is 2.31. The number of rotatable bonds is 5. The molecule has 1 aliphatic rings. The summed E-state index contributed by atoms with van der Waals surface area (Å²) in [5.41, 5.74) is 0.126. The molecule has 6 heteroatoms. The molecule has 1 heterocycles. The van der Waals surface area contributed by atoms with Gasteiger partial charge in [0.05, 0.1) is 11.7 Å². The van der Waals surface area contributed by atoms with Gasteiger partial charge in [-0.25, -0.2) is 12.7 Å². The van der Waals surface area contributed by atoms with Gasteiger partial charge in [-0.2, -0.15) is 0 Å². The van der Waals surface area contributed by atoms with E-state index in [0.29, 0.717) is 25.8 Å². The highest BCUT2D eigenvalue weighted by Gasteiger charge is 2.32. The van der Waals surface area contributed by atoms with Crippen molar-refractivity contribution in [2.75, 3.05) is 18.8 Å². The van der Waals surface area contributed by atoms with Crippen molar-refractivity contribution in [3.05, 3.63) is 0 Å². The van der Waals surface area contributed by atoms with Crippen LogP contribution in [0.3, 0.4) is 0 Å². The lowest BCUT2D eigenvalue weighted by Crippen LogP contribution is -2.43. The van der Waals surface area contributed by atoms with Crippen LogP contribution in [-0.2, 0) is 14.8 Å². The molecule has 0 spiro atoms. The second kappa shape index (κ2) is 6.22. The summed E-state index contributed by atoms with van der Waals surface area (Å²) in [5.74, 6) is -1.32. The first-order chi connectivity index (χ1) is 8.62. The molecule has 5 nitrogen and oxygen atoms in total. The fraction of sp³-hybridized carbons (Fsp3) is 0.923. The molecule has 1 N–H and O–H groups in total. The van der Waals surface area contributed by atoms with E-state index in [1.54, 1.807) is 0 Å². The Morgan fingerprint density at radius 3 is 2.53 bits per heavy atom. The molecule has 1 atom stereocenters. The minimum atomic E-state index is -3.30. The van der Waals surface area contributed by atoms with Crippen molar-refractivity contribution in [2.24, 2.45) is 11.3 Å². The normalized spacial score (nSPS) is 22.4. The molecule has 0 aromatic heterocycles. The van der Waals surface area contributed by atoms with Gasteiger partial charge in [-0.15, -0.1) is 0 Å². The summed E-state index contributed by atoms with van der Waals surface area (Å²) in [6, 6.07) is 0. The van der Waals surface area contributed by atoms with Crippen LogP contribution in [0.25, 0.3) is 0 Å². The summed E-state index contributed by atoms with van der Waals surface area (Å²) in [7, 11) is -3.30. The van der Waals surface area contributed by atoms with Gasteiger partial charge in [0.1, 0.15) is 0 Å². The van der Waals surface area contributed by atoms with Crippen LogP contribution in [-0.4, -0.2) is 42.6 Å². The number of piperidine rings is 1. The number of carbonyl (C=O) groups is 1. The fourth-order valence-corrected chi connectivity index (χ4v) is 3.89. The van der Waals surface area contributed by atoms with Gasteiger partial charge in [0.15, 0.2) is 0 Å². The van der Waals surface area contributed by atoms with Crippen LogP contribution in [0.2, 0.25) is 0 Å². The van der Waals surface area contributed by atoms with Crippen molar-refractivity contribution in [1.82, 2.24) is 4.31 Å². The maximum atomic E-state index is 12.2. The van der Waals surface area contributed by atoms with E-state index in [1.807, 2.05) is 0 Å². The molecule has 0 saturated carbocycles. The number of hydrogen-bond donors (Lipinski definition) is 1. The lowest BCUT2D eigenvalue weighted by atomic mass is 9.91. The van der Waals surface area contributed by atoms with Gasteiger partial charge in [-0.3, -0.25) is 4.79 Å². The molecule has 112 valence electrons. The summed E-state index contributed by atoms with van der Waals surface area (Å²) in [6.45, 7) is 6.84. The standard InChI is InChI=1S/C13H25NO4S/c1-13(2,3)7-5-9-19(17,18)14-8-4-6-11(10-14)12(15)16/h11H,4-10H2,1-3H3,(H,15,16)/t11-/m0/s1. The van der Waals surface area contributed by atoms with Gasteiger partial charge in [0, 0.05) is 13.1 Å². The largest absolute Gasteiger partial charge is 0.481 e. The quantitative estimate of drug-likeness (QED) is 0.840. The summed E-state index contributed by atoms with van der Waals surface area (Å²) in [4.78, 5) is 11.0. The van der Waals surface area contributed by atoms with Gasteiger partial charge in [-0.1, -0.05) is 20.8 Å². The van der Waals surface area contributed by atoms with E-state index in [-0.39, 0.29) is 17.7 Å². The van der Waals surface area contributed by atoms with Crippen molar-refractivity contribution in [1.29, 1.82) is 0 Å².